The molecular formula is C15H27NO. The van der Waals surface area contributed by atoms with Gasteiger partial charge in [-0.15, -0.1) is 0 Å². The maximum Gasteiger partial charge on any atom is 0.0468 e. The number of fused-ring (bicyclic) bond motifs is 1. The molecular weight excluding hydrogens is 210 g/mol. The molecule has 0 radical (unpaired) electrons. The van der Waals surface area contributed by atoms with Crippen LogP contribution in [-0.2, 0) is 4.74 Å². The molecule has 2 aliphatic carbocycles. The molecule has 3 fully saturated rings. The predicted molar refractivity (Wildman–Crippen MR) is 70.0 cm³/mol. The molecule has 2 saturated carbocycles. The zero-order valence-electron chi connectivity index (χ0n) is 11.2. The molecule has 0 amide bonds. The average Bonchev–Trinajstić information content (AvgIpc) is 2.97. The summed E-state index contributed by atoms with van der Waals surface area (Å²) < 4.78 is 5.49. The van der Waals surface area contributed by atoms with Gasteiger partial charge < -0.3 is 10.1 Å². The van der Waals surface area contributed by atoms with E-state index in [1.54, 1.807) is 6.42 Å². The molecule has 17 heavy (non-hydrogen) atoms. The van der Waals surface area contributed by atoms with Gasteiger partial charge in [-0.2, -0.15) is 0 Å². The maximum atomic E-state index is 5.49. The zero-order valence-corrected chi connectivity index (χ0v) is 11.2. The van der Waals surface area contributed by atoms with Gasteiger partial charge in [-0.3, -0.25) is 0 Å². The number of hydrogen-bond donors (Lipinski definition) is 1. The summed E-state index contributed by atoms with van der Waals surface area (Å²) >= 11 is 0. The molecule has 1 saturated heterocycles. The summed E-state index contributed by atoms with van der Waals surface area (Å²) in [5, 5.41) is 3.63. The minimum atomic E-state index is 0.658. The van der Waals surface area contributed by atoms with Gasteiger partial charge in [-0.05, 0) is 68.2 Å². The van der Waals surface area contributed by atoms with Crippen molar-refractivity contribution < 1.29 is 4.74 Å². The van der Waals surface area contributed by atoms with Crippen LogP contribution in [0, 0.1) is 23.2 Å². The molecule has 1 N–H and O–H groups in total. The zero-order chi connectivity index (χ0) is 11.7. The molecule has 2 heteroatoms. The van der Waals surface area contributed by atoms with Gasteiger partial charge >= 0.3 is 0 Å². The van der Waals surface area contributed by atoms with Gasteiger partial charge in [-0.25, -0.2) is 0 Å². The van der Waals surface area contributed by atoms with E-state index < -0.39 is 0 Å². The second-order valence-corrected chi connectivity index (χ2v) is 6.70. The van der Waals surface area contributed by atoms with Crippen LogP contribution in [0.5, 0.6) is 0 Å². The lowest BCUT2D eigenvalue weighted by atomic mass is 9.73. The molecule has 2 atom stereocenters. The van der Waals surface area contributed by atoms with Crippen molar-refractivity contribution in [3.05, 3.63) is 0 Å². The third kappa shape index (κ3) is 2.68. The van der Waals surface area contributed by atoms with Crippen LogP contribution in [0.1, 0.15) is 45.4 Å². The van der Waals surface area contributed by atoms with Gasteiger partial charge in [0.1, 0.15) is 0 Å². The van der Waals surface area contributed by atoms with Crippen molar-refractivity contribution in [3.8, 4) is 0 Å². The van der Waals surface area contributed by atoms with E-state index in [1.165, 1.54) is 38.6 Å². The summed E-state index contributed by atoms with van der Waals surface area (Å²) in [5.74, 6) is 3.15. The van der Waals surface area contributed by atoms with Crippen LogP contribution in [0.2, 0.25) is 0 Å². The highest BCUT2D eigenvalue weighted by Crippen LogP contribution is 2.61. The quantitative estimate of drug-likeness (QED) is 0.794. The van der Waals surface area contributed by atoms with Gasteiger partial charge in [-0.1, -0.05) is 6.92 Å². The summed E-state index contributed by atoms with van der Waals surface area (Å²) in [6.07, 6.45) is 8.66. The Labute approximate surface area is 105 Å². The van der Waals surface area contributed by atoms with Crippen molar-refractivity contribution >= 4 is 0 Å². The molecule has 0 aromatic heterocycles. The topological polar surface area (TPSA) is 21.3 Å². The highest BCUT2D eigenvalue weighted by Gasteiger charge is 2.53. The first-order valence-electron chi connectivity index (χ1n) is 7.60. The standard InChI is InChI=1S/C15H27NO/c1-2-16-11-15(9-13-7-14(13)10-15)8-12-3-5-17-6-4-12/h12-14,16H,2-11H2,1H3. The van der Waals surface area contributed by atoms with E-state index in [4.69, 9.17) is 4.74 Å². The van der Waals surface area contributed by atoms with Crippen LogP contribution in [0.3, 0.4) is 0 Å². The molecule has 3 rings (SSSR count). The molecule has 3 aliphatic rings. The van der Waals surface area contributed by atoms with Crippen molar-refractivity contribution in [2.24, 2.45) is 23.2 Å². The van der Waals surface area contributed by atoms with E-state index in [2.05, 4.69) is 12.2 Å². The van der Waals surface area contributed by atoms with Crippen molar-refractivity contribution in [3.63, 3.8) is 0 Å². The Morgan fingerprint density at radius 2 is 1.88 bits per heavy atom. The Kier molecular flexibility index (Phi) is 3.45. The van der Waals surface area contributed by atoms with Gasteiger partial charge in [0.25, 0.3) is 0 Å². The summed E-state index contributed by atoms with van der Waals surface area (Å²) in [6.45, 7) is 6.65. The molecule has 2 nitrogen and oxygen atoms in total. The lowest BCUT2D eigenvalue weighted by molar-refractivity contribution is 0.0448. The molecule has 0 aromatic rings. The normalized spacial score (nSPS) is 41.5. The molecule has 2 unspecified atom stereocenters. The second kappa shape index (κ2) is 4.89. The van der Waals surface area contributed by atoms with Gasteiger partial charge in [0, 0.05) is 19.8 Å². The smallest absolute Gasteiger partial charge is 0.0468 e. The first kappa shape index (κ1) is 12.0. The third-order valence-corrected chi connectivity index (χ3v) is 5.27. The van der Waals surface area contributed by atoms with Crippen LogP contribution in [-0.4, -0.2) is 26.3 Å². The first-order valence-corrected chi connectivity index (χ1v) is 7.60. The molecule has 98 valence electrons. The first-order chi connectivity index (χ1) is 8.31. The minimum Gasteiger partial charge on any atom is -0.381 e. The van der Waals surface area contributed by atoms with E-state index in [-0.39, 0.29) is 0 Å². The number of ether oxygens (including phenoxy) is 1. The van der Waals surface area contributed by atoms with Gasteiger partial charge in [0.2, 0.25) is 0 Å². The van der Waals surface area contributed by atoms with E-state index >= 15 is 0 Å². The van der Waals surface area contributed by atoms with Gasteiger partial charge in [0.15, 0.2) is 0 Å². The number of nitrogens with one attached hydrogen (secondary N) is 1. The van der Waals surface area contributed by atoms with Crippen LogP contribution in [0.4, 0.5) is 0 Å². The maximum absolute atomic E-state index is 5.49. The largest absolute Gasteiger partial charge is 0.381 e. The van der Waals surface area contributed by atoms with E-state index in [0.29, 0.717) is 5.41 Å². The fraction of sp³-hybridized carbons (Fsp3) is 1.00. The Bertz CT molecular complexity index is 250. The Morgan fingerprint density at radius 3 is 2.53 bits per heavy atom. The van der Waals surface area contributed by atoms with Crippen LogP contribution < -0.4 is 5.32 Å². The third-order valence-electron chi connectivity index (χ3n) is 5.27. The molecule has 1 aliphatic heterocycles. The lowest BCUT2D eigenvalue weighted by Crippen LogP contribution is -2.36. The summed E-state index contributed by atoms with van der Waals surface area (Å²) in [5.41, 5.74) is 0.658. The highest BCUT2D eigenvalue weighted by atomic mass is 16.5. The lowest BCUT2D eigenvalue weighted by Gasteiger charge is -2.36. The second-order valence-electron chi connectivity index (χ2n) is 6.70. The van der Waals surface area contributed by atoms with Crippen LogP contribution in [0.25, 0.3) is 0 Å². The molecule has 0 bridgehead atoms. The minimum absolute atomic E-state index is 0.658. The Balaban J connectivity index is 1.58. The Hall–Kier alpha value is -0.0800. The van der Waals surface area contributed by atoms with E-state index in [9.17, 15) is 0 Å². The molecule has 0 aromatic carbocycles. The summed E-state index contributed by atoms with van der Waals surface area (Å²) in [7, 11) is 0. The summed E-state index contributed by atoms with van der Waals surface area (Å²) in [4.78, 5) is 0. The highest BCUT2D eigenvalue weighted by molar-refractivity contribution is 5.04. The predicted octanol–water partition coefficient (Wildman–Crippen LogP) is 2.83. The van der Waals surface area contributed by atoms with Crippen LogP contribution in [0.15, 0.2) is 0 Å². The Morgan fingerprint density at radius 1 is 1.18 bits per heavy atom. The average molecular weight is 237 g/mol. The molecule has 1 heterocycles. The fourth-order valence-electron chi connectivity index (χ4n) is 4.34. The number of rotatable bonds is 5. The van der Waals surface area contributed by atoms with Crippen LogP contribution >= 0.6 is 0 Å². The SMILES string of the molecule is CCNCC1(CC2CCOCC2)CC2CC2C1. The number of hydrogen-bond acceptors (Lipinski definition) is 2. The van der Waals surface area contributed by atoms with Crippen molar-refractivity contribution in [2.45, 2.75) is 45.4 Å². The van der Waals surface area contributed by atoms with Crippen molar-refractivity contribution in [1.82, 2.24) is 5.32 Å². The van der Waals surface area contributed by atoms with E-state index in [1.807, 2.05) is 0 Å². The monoisotopic (exact) mass is 237 g/mol. The van der Waals surface area contributed by atoms with E-state index in [0.717, 1.165) is 37.5 Å². The van der Waals surface area contributed by atoms with Crippen molar-refractivity contribution in [2.75, 3.05) is 26.3 Å². The molecule has 0 spiro atoms. The van der Waals surface area contributed by atoms with Gasteiger partial charge in [0.05, 0.1) is 0 Å². The fourth-order valence-corrected chi connectivity index (χ4v) is 4.34. The van der Waals surface area contributed by atoms with Crippen molar-refractivity contribution in [1.29, 1.82) is 0 Å². The summed E-state index contributed by atoms with van der Waals surface area (Å²) in [6, 6.07) is 0.